The van der Waals surface area contributed by atoms with E-state index in [4.69, 9.17) is 5.26 Å². The van der Waals surface area contributed by atoms with Gasteiger partial charge in [0.05, 0.1) is 18.9 Å². The van der Waals surface area contributed by atoms with Gasteiger partial charge in [-0.05, 0) is 37.8 Å². The monoisotopic (exact) mass is 328 g/mol. The number of methoxy groups -OCH3 is 1. The van der Waals surface area contributed by atoms with Crippen LogP contribution in [0.2, 0.25) is 0 Å². The van der Waals surface area contributed by atoms with Crippen molar-refractivity contribution in [3.8, 4) is 6.07 Å². The van der Waals surface area contributed by atoms with Crippen LogP contribution in [0.1, 0.15) is 40.7 Å². The molecule has 0 aromatic carbocycles. The summed E-state index contributed by atoms with van der Waals surface area (Å²) in [6.45, 7) is 3.28. The van der Waals surface area contributed by atoms with Crippen LogP contribution in [0.25, 0.3) is 0 Å². The molecule has 0 fully saturated rings. The SMILES string of the molecule is COC(=O)c1cc(C#N)c(=O)n(CCCCCn2cc(C)cn2)c1. The normalized spacial score (nSPS) is 10.4. The van der Waals surface area contributed by atoms with Crippen LogP contribution < -0.4 is 5.56 Å². The van der Waals surface area contributed by atoms with Gasteiger partial charge in [-0.2, -0.15) is 10.4 Å². The van der Waals surface area contributed by atoms with Gasteiger partial charge in [0.25, 0.3) is 5.56 Å². The van der Waals surface area contributed by atoms with Gasteiger partial charge in [0, 0.05) is 25.5 Å². The van der Waals surface area contributed by atoms with Gasteiger partial charge in [-0.15, -0.1) is 0 Å². The maximum absolute atomic E-state index is 12.1. The third kappa shape index (κ3) is 4.32. The maximum atomic E-state index is 12.1. The molecule has 7 heteroatoms. The Bertz CT molecular complexity index is 814. The number of unbranched alkanes of at least 4 members (excludes halogenated alkanes) is 2. The molecule has 0 aliphatic heterocycles. The highest BCUT2D eigenvalue weighted by Gasteiger charge is 2.12. The number of ether oxygens (including phenoxy) is 1. The lowest BCUT2D eigenvalue weighted by molar-refractivity contribution is 0.0599. The number of carbonyl (C=O) groups is 1. The Morgan fingerprint density at radius 3 is 2.67 bits per heavy atom. The van der Waals surface area contributed by atoms with Crippen LogP contribution in [-0.4, -0.2) is 27.4 Å². The summed E-state index contributed by atoms with van der Waals surface area (Å²) < 4.78 is 7.95. The second-order valence-corrected chi connectivity index (χ2v) is 5.59. The molecule has 0 radical (unpaired) electrons. The average molecular weight is 328 g/mol. The van der Waals surface area contributed by atoms with Crippen molar-refractivity contribution >= 4 is 5.97 Å². The van der Waals surface area contributed by atoms with Gasteiger partial charge in [0.1, 0.15) is 11.6 Å². The number of hydrogen-bond acceptors (Lipinski definition) is 5. The van der Waals surface area contributed by atoms with E-state index < -0.39 is 5.97 Å². The van der Waals surface area contributed by atoms with E-state index in [2.05, 4.69) is 9.84 Å². The van der Waals surface area contributed by atoms with E-state index in [0.29, 0.717) is 6.54 Å². The predicted molar refractivity (Wildman–Crippen MR) is 87.6 cm³/mol. The fraction of sp³-hybridized carbons (Fsp3) is 0.412. The van der Waals surface area contributed by atoms with Crippen LogP contribution in [0.5, 0.6) is 0 Å². The third-order valence-electron chi connectivity index (χ3n) is 3.68. The molecule has 0 aliphatic carbocycles. The summed E-state index contributed by atoms with van der Waals surface area (Å²) >= 11 is 0. The Labute approximate surface area is 140 Å². The van der Waals surface area contributed by atoms with Gasteiger partial charge in [-0.1, -0.05) is 0 Å². The summed E-state index contributed by atoms with van der Waals surface area (Å²) in [6.07, 6.45) is 7.89. The smallest absolute Gasteiger partial charge is 0.339 e. The van der Waals surface area contributed by atoms with Crippen molar-refractivity contribution in [2.75, 3.05) is 7.11 Å². The Morgan fingerprint density at radius 1 is 1.29 bits per heavy atom. The summed E-state index contributed by atoms with van der Waals surface area (Å²) in [5.74, 6) is -0.561. The third-order valence-corrected chi connectivity index (χ3v) is 3.68. The lowest BCUT2D eigenvalue weighted by Crippen LogP contribution is -2.24. The number of aryl methyl sites for hydroxylation is 3. The summed E-state index contributed by atoms with van der Waals surface area (Å²) in [7, 11) is 1.26. The van der Waals surface area contributed by atoms with E-state index in [0.717, 1.165) is 31.4 Å². The van der Waals surface area contributed by atoms with Crippen molar-refractivity contribution in [3.63, 3.8) is 0 Å². The summed E-state index contributed by atoms with van der Waals surface area (Å²) in [5, 5.41) is 13.3. The second-order valence-electron chi connectivity index (χ2n) is 5.59. The highest BCUT2D eigenvalue weighted by atomic mass is 16.5. The minimum absolute atomic E-state index is 0.0510. The average Bonchev–Trinajstić information content (AvgIpc) is 3.00. The van der Waals surface area contributed by atoms with Crippen molar-refractivity contribution in [1.29, 1.82) is 5.26 Å². The molecule has 0 saturated heterocycles. The Morgan fingerprint density at radius 2 is 2.04 bits per heavy atom. The molecule has 2 rings (SSSR count). The summed E-state index contributed by atoms with van der Waals surface area (Å²) in [4.78, 5) is 23.7. The quantitative estimate of drug-likeness (QED) is 0.572. The van der Waals surface area contributed by atoms with Crippen LogP contribution in [0, 0.1) is 18.3 Å². The largest absolute Gasteiger partial charge is 0.465 e. The second kappa shape index (κ2) is 8.11. The topological polar surface area (TPSA) is 89.9 Å². The number of aromatic nitrogens is 3. The van der Waals surface area contributed by atoms with Gasteiger partial charge in [0.15, 0.2) is 0 Å². The minimum Gasteiger partial charge on any atom is -0.465 e. The van der Waals surface area contributed by atoms with E-state index in [-0.39, 0.29) is 16.7 Å². The van der Waals surface area contributed by atoms with Crippen molar-refractivity contribution in [2.24, 2.45) is 0 Å². The van der Waals surface area contributed by atoms with Gasteiger partial charge in [0.2, 0.25) is 0 Å². The fourth-order valence-electron chi connectivity index (χ4n) is 2.43. The van der Waals surface area contributed by atoms with Crippen molar-refractivity contribution in [3.05, 3.63) is 51.7 Å². The number of pyridine rings is 1. The molecule has 126 valence electrons. The minimum atomic E-state index is -0.561. The molecule has 0 N–H and O–H groups in total. The molecular formula is C17H20N4O3. The first-order valence-corrected chi connectivity index (χ1v) is 7.77. The Hall–Kier alpha value is -2.88. The zero-order chi connectivity index (χ0) is 17.5. The highest BCUT2D eigenvalue weighted by molar-refractivity contribution is 5.89. The molecule has 0 saturated carbocycles. The molecule has 0 spiro atoms. The van der Waals surface area contributed by atoms with Crippen molar-refractivity contribution in [2.45, 2.75) is 39.3 Å². The van der Waals surface area contributed by atoms with Crippen LogP contribution in [0.4, 0.5) is 0 Å². The van der Waals surface area contributed by atoms with Gasteiger partial charge < -0.3 is 9.30 Å². The molecule has 0 amide bonds. The number of esters is 1. The fourth-order valence-corrected chi connectivity index (χ4v) is 2.43. The number of hydrogen-bond donors (Lipinski definition) is 0. The van der Waals surface area contributed by atoms with Crippen molar-refractivity contribution in [1.82, 2.24) is 14.3 Å². The molecule has 0 atom stereocenters. The Balaban J connectivity index is 1.95. The highest BCUT2D eigenvalue weighted by Crippen LogP contribution is 2.06. The first kappa shape index (κ1) is 17.5. The molecule has 2 heterocycles. The van der Waals surface area contributed by atoms with Crippen LogP contribution in [0.3, 0.4) is 0 Å². The van der Waals surface area contributed by atoms with Crippen molar-refractivity contribution < 1.29 is 9.53 Å². The van der Waals surface area contributed by atoms with Crippen LogP contribution >= 0.6 is 0 Å². The number of nitriles is 1. The summed E-state index contributed by atoms with van der Waals surface area (Å²) in [6, 6.07) is 3.10. The zero-order valence-corrected chi connectivity index (χ0v) is 13.9. The number of rotatable bonds is 7. The maximum Gasteiger partial charge on any atom is 0.339 e. The molecule has 7 nitrogen and oxygen atoms in total. The molecule has 0 aliphatic rings. The first-order chi connectivity index (χ1) is 11.5. The number of nitrogens with zero attached hydrogens (tertiary/aromatic N) is 4. The molecule has 2 aromatic heterocycles. The van der Waals surface area contributed by atoms with E-state index >= 15 is 0 Å². The molecule has 2 aromatic rings. The number of carbonyl (C=O) groups excluding carboxylic acids is 1. The molecule has 24 heavy (non-hydrogen) atoms. The van der Waals surface area contributed by atoms with E-state index in [1.54, 1.807) is 0 Å². The molecule has 0 bridgehead atoms. The molecular weight excluding hydrogens is 308 g/mol. The standard InChI is InChI=1S/C17H20N4O3/c1-13-10-19-21(11-13)7-5-3-4-6-20-12-15(17(23)24-2)8-14(9-18)16(20)22/h8,10-12H,3-7H2,1-2H3. The van der Waals surface area contributed by atoms with Crippen LogP contribution in [-0.2, 0) is 17.8 Å². The Kier molecular flexibility index (Phi) is 5.90. The van der Waals surface area contributed by atoms with Gasteiger partial charge in [-0.3, -0.25) is 9.48 Å². The lowest BCUT2D eigenvalue weighted by Gasteiger charge is -2.08. The van der Waals surface area contributed by atoms with E-state index in [1.807, 2.05) is 30.1 Å². The van der Waals surface area contributed by atoms with Crippen LogP contribution in [0.15, 0.2) is 29.5 Å². The van der Waals surface area contributed by atoms with Gasteiger partial charge in [-0.25, -0.2) is 4.79 Å². The van der Waals surface area contributed by atoms with Gasteiger partial charge >= 0.3 is 5.97 Å². The van der Waals surface area contributed by atoms with E-state index in [9.17, 15) is 9.59 Å². The first-order valence-electron chi connectivity index (χ1n) is 7.77. The lowest BCUT2D eigenvalue weighted by atomic mass is 10.2. The summed E-state index contributed by atoms with van der Waals surface area (Å²) in [5.41, 5.74) is 0.906. The zero-order valence-electron chi connectivity index (χ0n) is 13.9. The predicted octanol–water partition coefficient (Wildman–Crippen LogP) is 1.88. The molecule has 0 unspecified atom stereocenters. The van der Waals surface area contributed by atoms with E-state index in [1.165, 1.54) is 23.9 Å².